The van der Waals surface area contributed by atoms with Crippen LogP contribution in [0.4, 0.5) is 0 Å². The Morgan fingerprint density at radius 1 is 1.47 bits per heavy atom. The molecule has 1 aromatic heterocycles. The van der Waals surface area contributed by atoms with Crippen LogP contribution in [0.3, 0.4) is 0 Å². The molecule has 0 aromatic carbocycles. The van der Waals surface area contributed by atoms with Gasteiger partial charge in [0.25, 0.3) is 5.19 Å². The van der Waals surface area contributed by atoms with Gasteiger partial charge in [-0.2, -0.15) is 0 Å². The molecule has 0 saturated carbocycles. The Bertz CT molecular complexity index is 297. The van der Waals surface area contributed by atoms with Crippen molar-refractivity contribution in [2.75, 3.05) is 13.2 Å². The van der Waals surface area contributed by atoms with Crippen molar-refractivity contribution in [2.24, 2.45) is 0 Å². The van der Waals surface area contributed by atoms with Crippen LogP contribution in [0, 0.1) is 6.92 Å². The minimum absolute atomic E-state index is 0.632. The average Bonchev–Trinajstić information content (AvgIpc) is 2.66. The van der Waals surface area contributed by atoms with Crippen LogP contribution in [-0.4, -0.2) is 29.4 Å². The number of aromatic nitrogens is 2. The number of aryl methyl sites for hydroxylation is 1. The first kappa shape index (κ1) is 10.8. The van der Waals surface area contributed by atoms with Gasteiger partial charge in [-0.3, -0.25) is 0 Å². The zero-order chi connectivity index (χ0) is 10.5. The Morgan fingerprint density at radius 2 is 2.40 bits per heavy atom. The molecule has 1 aliphatic heterocycles. The molecule has 0 amide bonds. The van der Waals surface area contributed by atoms with Crippen molar-refractivity contribution in [2.45, 2.75) is 38.6 Å². The van der Waals surface area contributed by atoms with Crippen LogP contribution in [0.25, 0.3) is 0 Å². The monoisotopic (exact) mass is 227 g/mol. The van der Waals surface area contributed by atoms with Gasteiger partial charge >= 0.3 is 0 Å². The summed E-state index contributed by atoms with van der Waals surface area (Å²) in [5, 5.41) is 13.0. The summed E-state index contributed by atoms with van der Waals surface area (Å²) < 4.78 is 5.53. The van der Waals surface area contributed by atoms with E-state index in [4.69, 9.17) is 4.74 Å². The van der Waals surface area contributed by atoms with Crippen LogP contribution in [0.2, 0.25) is 0 Å². The van der Waals surface area contributed by atoms with E-state index >= 15 is 0 Å². The van der Waals surface area contributed by atoms with E-state index in [1.807, 2.05) is 6.92 Å². The molecule has 4 nitrogen and oxygen atoms in total. The molecule has 1 aliphatic rings. The van der Waals surface area contributed by atoms with E-state index in [0.29, 0.717) is 11.2 Å². The second-order valence-electron chi connectivity index (χ2n) is 3.87. The predicted molar refractivity (Wildman–Crippen MR) is 60.4 cm³/mol. The number of hydrogen-bond acceptors (Lipinski definition) is 5. The van der Waals surface area contributed by atoms with Gasteiger partial charge in [-0.05, 0) is 32.7 Å². The average molecular weight is 227 g/mol. The number of nitrogens with zero attached hydrogens (tertiary/aromatic N) is 2. The van der Waals surface area contributed by atoms with Crippen molar-refractivity contribution in [3.8, 4) is 5.19 Å². The molecule has 1 unspecified atom stereocenters. The van der Waals surface area contributed by atoms with Crippen molar-refractivity contribution in [3.05, 3.63) is 5.01 Å². The minimum atomic E-state index is 0.632. The van der Waals surface area contributed by atoms with Crippen LogP contribution in [0.1, 0.15) is 30.7 Å². The van der Waals surface area contributed by atoms with Crippen LogP contribution in [-0.2, 0) is 0 Å². The van der Waals surface area contributed by atoms with Gasteiger partial charge in [-0.1, -0.05) is 17.8 Å². The maximum Gasteiger partial charge on any atom is 0.294 e. The second kappa shape index (κ2) is 5.42. The molecule has 2 heterocycles. The standard InChI is InChI=1S/C10H17N3OS/c1-8-12-13-10(15-8)14-7-5-9-4-2-3-6-11-9/h9,11H,2-7H2,1H3. The van der Waals surface area contributed by atoms with E-state index in [1.54, 1.807) is 0 Å². The van der Waals surface area contributed by atoms with Crippen molar-refractivity contribution in [1.29, 1.82) is 0 Å². The van der Waals surface area contributed by atoms with E-state index in [0.717, 1.165) is 24.6 Å². The fraction of sp³-hybridized carbons (Fsp3) is 0.800. The van der Waals surface area contributed by atoms with E-state index in [9.17, 15) is 0 Å². The molecule has 15 heavy (non-hydrogen) atoms. The molecule has 2 rings (SSSR count). The maximum absolute atomic E-state index is 5.53. The quantitative estimate of drug-likeness (QED) is 0.851. The molecular weight excluding hydrogens is 210 g/mol. The molecular formula is C10H17N3OS. The molecule has 1 atom stereocenters. The Kier molecular flexibility index (Phi) is 3.91. The highest BCUT2D eigenvalue weighted by Crippen LogP contribution is 2.17. The molecule has 0 aliphatic carbocycles. The maximum atomic E-state index is 5.53. The normalized spacial score (nSPS) is 21.5. The van der Waals surface area contributed by atoms with Crippen LogP contribution < -0.4 is 10.1 Å². The van der Waals surface area contributed by atoms with Crippen molar-refractivity contribution < 1.29 is 4.74 Å². The van der Waals surface area contributed by atoms with E-state index in [1.165, 1.54) is 30.6 Å². The Morgan fingerprint density at radius 3 is 3.07 bits per heavy atom. The highest BCUT2D eigenvalue weighted by Gasteiger charge is 2.12. The SMILES string of the molecule is Cc1nnc(OCCC2CCCCN2)s1. The lowest BCUT2D eigenvalue weighted by atomic mass is 10.0. The summed E-state index contributed by atoms with van der Waals surface area (Å²) in [5.74, 6) is 0. The summed E-state index contributed by atoms with van der Waals surface area (Å²) in [6.07, 6.45) is 5.00. The van der Waals surface area contributed by atoms with Crippen LogP contribution in [0.5, 0.6) is 5.19 Å². The predicted octanol–water partition coefficient (Wildman–Crippen LogP) is 1.76. The molecule has 1 fully saturated rings. The lowest BCUT2D eigenvalue weighted by Crippen LogP contribution is -2.35. The Hall–Kier alpha value is -0.680. The van der Waals surface area contributed by atoms with Gasteiger partial charge in [0.1, 0.15) is 5.01 Å². The molecule has 1 N–H and O–H groups in total. The van der Waals surface area contributed by atoms with E-state index in [2.05, 4.69) is 15.5 Å². The number of piperidine rings is 1. The van der Waals surface area contributed by atoms with Gasteiger partial charge in [0, 0.05) is 6.04 Å². The summed E-state index contributed by atoms with van der Waals surface area (Å²) in [7, 11) is 0. The molecule has 0 bridgehead atoms. The lowest BCUT2D eigenvalue weighted by Gasteiger charge is -2.22. The van der Waals surface area contributed by atoms with E-state index < -0.39 is 0 Å². The van der Waals surface area contributed by atoms with E-state index in [-0.39, 0.29) is 0 Å². The van der Waals surface area contributed by atoms with Gasteiger partial charge in [0.05, 0.1) is 6.61 Å². The zero-order valence-corrected chi connectivity index (χ0v) is 9.85. The summed E-state index contributed by atoms with van der Waals surface area (Å²) in [5.41, 5.74) is 0. The van der Waals surface area contributed by atoms with Gasteiger partial charge in [-0.15, -0.1) is 10.2 Å². The Balaban J connectivity index is 1.65. The van der Waals surface area contributed by atoms with Crippen LogP contribution in [0.15, 0.2) is 0 Å². The Labute approximate surface area is 94.1 Å². The van der Waals surface area contributed by atoms with Crippen LogP contribution >= 0.6 is 11.3 Å². The number of nitrogens with one attached hydrogen (secondary N) is 1. The molecule has 1 aromatic rings. The first-order valence-electron chi connectivity index (χ1n) is 5.51. The molecule has 5 heteroatoms. The fourth-order valence-electron chi connectivity index (χ4n) is 1.80. The summed E-state index contributed by atoms with van der Waals surface area (Å²) in [6.45, 7) is 3.84. The largest absolute Gasteiger partial charge is 0.469 e. The first-order chi connectivity index (χ1) is 7.34. The van der Waals surface area contributed by atoms with Gasteiger partial charge < -0.3 is 10.1 Å². The lowest BCUT2D eigenvalue weighted by molar-refractivity contribution is 0.266. The molecule has 0 radical (unpaired) electrons. The van der Waals surface area contributed by atoms with Crippen molar-refractivity contribution >= 4 is 11.3 Å². The summed E-state index contributed by atoms with van der Waals surface area (Å²) in [4.78, 5) is 0. The third kappa shape index (κ3) is 3.43. The molecule has 84 valence electrons. The highest BCUT2D eigenvalue weighted by molar-refractivity contribution is 7.12. The molecule has 0 spiro atoms. The topological polar surface area (TPSA) is 47.0 Å². The summed E-state index contributed by atoms with van der Waals surface area (Å²) in [6, 6.07) is 0.632. The van der Waals surface area contributed by atoms with Crippen molar-refractivity contribution in [3.63, 3.8) is 0 Å². The zero-order valence-electron chi connectivity index (χ0n) is 9.03. The number of rotatable bonds is 4. The third-order valence-corrected chi connectivity index (χ3v) is 3.36. The third-order valence-electron chi connectivity index (χ3n) is 2.61. The highest BCUT2D eigenvalue weighted by atomic mass is 32.1. The minimum Gasteiger partial charge on any atom is -0.469 e. The summed E-state index contributed by atoms with van der Waals surface area (Å²) >= 11 is 1.51. The smallest absolute Gasteiger partial charge is 0.294 e. The molecule has 1 saturated heterocycles. The fourth-order valence-corrected chi connectivity index (χ4v) is 2.35. The number of hydrogen-bond donors (Lipinski definition) is 1. The van der Waals surface area contributed by atoms with Gasteiger partial charge in [-0.25, -0.2) is 0 Å². The van der Waals surface area contributed by atoms with Crippen molar-refractivity contribution in [1.82, 2.24) is 15.5 Å². The number of ether oxygens (including phenoxy) is 1. The van der Waals surface area contributed by atoms with Gasteiger partial charge in [0.15, 0.2) is 0 Å². The second-order valence-corrected chi connectivity index (χ2v) is 5.02. The first-order valence-corrected chi connectivity index (χ1v) is 6.32. The van der Waals surface area contributed by atoms with Gasteiger partial charge in [0.2, 0.25) is 0 Å².